The van der Waals surface area contributed by atoms with Crippen LogP contribution in [0.1, 0.15) is 0 Å². The molecule has 0 atom stereocenters. The van der Waals surface area contributed by atoms with Gasteiger partial charge in [0, 0.05) is 29.7 Å². The van der Waals surface area contributed by atoms with Crippen molar-refractivity contribution >= 4 is 17.2 Å². The molecule has 4 rings (SSSR count). The fraction of sp³-hybridized carbons (Fsp3) is 0. The Morgan fingerprint density at radius 1 is 0.909 bits per heavy atom. The molecule has 1 aromatic carbocycles. The second-order valence-corrected chi connectivity index (χ2v) is 5.27. The third kappa shape index (κ3) is 2.14. The Labute approximate surface area is 132 Å². The van der Waals surface area contributed by atoms with Gasteiger partial charge in [0.15, 0.2) is 5.65 Å². The molecule has 0 bridgehead atoms. The maximum Gasteiger partial charge on any atom is 0.155 e. The van der Waals surface area contributed by atoms with Crippen molar-refractivity contribution in [3.63, 3.8) is 0 Å². The molecule has 0 N–H and O–H groups in total. The van der Waals surface area contributed by atoms with Crippen LogP contribution in [0.3, 0.4) is 0 Å². The number of aromatic nitrogens is 4. The van der Waals surface area contributed by atoms with Crippen LogP contribution in [0.5, 0.6) is 0 Å². The van der Waals surface area contributed by atoms with Gasteiger partial charge in [-0.3, -0.25) is 14.4 Å². The van der Waals surface area contributed by atoms with Crippen molar-refractivity contribution in [3.8, 4) is 22.5 Å². The van der Waals surface area contributed by atoms with Crippen LogP contribution in [-0.2, 0) is 0 Å². The van der Waals surface area contributed by atoms with Crippen LogP contribution in [0, 0.1) is 0 Å². The molecule has 0 aliphatic rings. The first-order valence-corrected chi connectivity index (χ1v) is 7.19. The Morgan fingerprint density at radius 2 is 1.73 bits per heavy atom. The number of halogens is 1. The summed E-state index contributed by atoms with van der Waals surface area (Å²) in [6.45, 7) is 0. The van der Waals surface area contributed by atoms with E-state index in [9.17, 15) is 0 Å². The summed E-state index contributed by atoms with van der Waals surface area (Å²) < 4.78 is 2.01. The highest BCUT2D eigenvalue weighted by Crippen LogP contribution is 2.27. The van der Waals surface area contributed by atoms with Gasteiger partial charge in [-0.15, -0.1) is 0 Å². The minimum absolute atomic E-state index is 0.680. The molecule has 5 heteroatoms. The number of hydrogen-bond acceptors (Lipinski definition) is 3. The summed E-state index contributed by atoms with van der Waals surface area (Å²) in [5, 5.41) is 0.680. The van der Waals surface area contributed by atoms with E-state index in [0.29, 0.717) is 5.02 Å². The molecule has 106 valence electrons. The highest BCUT2D eigenvalue weighted by Gasteiger charge is 2.09. The first-order valence-electron chi connectivity index (χ1n) is 6.81. The van der Waals surface area contributed by atoms with Gasteiger partial charge in [-0.25, -0.2) is 4.98 Å². The quantitative estimate of drug-likeness (QED) is 0.559. The molecule has 0 aliphatic carbocycles. The maximum atomic E-state index is 6.27. The molecular weight excluding hydrogens is 296 g/mol. The molecule has 4 nitrogen and oxygen atoms in total. The summed E-state index contributed by atoms with van der Waals surface area (Å²) in [5.41, 5.74) is 4.56. The Kier molecular flexibility index (Phi) is 3.09. The fourth-order valence-electron chi connectivity index (χ4n) is 2.43. The van der Waals surface area contributed by atoms with E-state index in [1.54, 1.807) is 18.6 Å². The van der Waals surface area contributed by atoms with Crippen molar-refractivity contribution in [1.82, 2.24) is 19.4 Å². The van der Waals surface area contributed by atoms with Crippen molar-refractivity contribution < 1.29 is 0 Å². The summed E-state index contributed by atoms with van der Waals surface area (Å²) in [5.74, 6) is 0. The molecule has 0 radical (unpaired) electrons. The lowest BCUT2D eigenvalue weighted by molar-refractivity contribution is 1.13. The lowest BCUT2D eigenvalue weighted by Crippen LogP contribution is -1.93. The number of hydrogen-bond donors (Lipinski definition) is 0. The lowest BCUT2D eigenvalue weighted by Gasteiger charge is -2.06. The first-order chi connectivity index (χ1) is 10.8. The third-order valence-electron chi connectivity index (χ3n) is 3.52. The molecule has 0 spiro atoms. The van der Waals surface area contributed by atoms with Gasteiger partial charge in [-0.05, 0) is 18.2 Å². The normalized spacial score (nSPS) is 11.0. The van der Waals surface area contributed by atoms with E-state index < -0.39 is 0 Å². The van der Waals surface area contributed by atoms with Crippen molar-refractivity contribution in [3.05, 3.63) is 72.4 Å². The van der Waals surface area contributed by atoms with Gasteiger partial charge in [0.25, 0.3) is 0 Å². The van der Waals surface area contributed by atoms with Crippen LogP contribution in [0.25, 0.3) is 28.2 Å². The van der Waals surface area contributed by atoms with Gasteiger partial charge in [0.2, 0.25) is 0 Å². The summed E-state index contributed by atoms with van der Waals surface area (Å²) in [7, 11) is 0. The minimum atomic E-state index is 0.680. The summed E-state index contributed by atoms with van der Waals surface area (Å²) in [6.07, 6.45) is 9.08. The van der Waals surface area contributed by atoms with Crippen LogP contribution in [0.4, 0.5) is 0 Å². The van der Waals surface area contributed by atoms with Crippen molar-refractivity contribution in [2.24, 2.45) is 0 Å². The largest absolute Gasteiger partial charge is 0.296 e. The van der Waals surface area contributed by atoms with Crippen LogP contribution in [-0.4, -0.2) is 19.4 Å². The van der Waals surface area contributed by atoms with Gasteiger partial charge >= 0.3 is 0 Å². The van der Waals surface area contributed by atoms with Gasteiger partial charge in [-0.1, -0.05) is 29.8 Å². The topological polar surface area (TPSA) is 43.1 Å². The monoisotopic (exact) mass is 306 g/mol. The van der Waals surface area contributed by atoms with Crippen LogP contribution in [0.2, 0.25) is 5.02 Å². The van der Waals surface area contributed by atoms with E-state index in [4.69, 9.17) is 11.6 Å². The average Bonchev–Trinajstić information content (AvgIpc) is 2.99. The molecule has 3 heterocycles. The number of rotatable bonds is 2. The fourth-order valence-corrected chi connectivity index (χ4v) is 2.67. The molecule has 0 saturated heterocycles. The smallest absolute Gasteiger partial charge is 0.155 e. The second kappa shape index (κ2) is 5.24. The number of nitrogens with zero attached hydrogens (tertiary/aromatic N) is 4. The Balaban J connectivity index is 1.92. The Bertz CT molecular complexity index is 947. The lowest BCUT2D eigenvalue weighted by atomic mass is 10.1. The first kappa shape index (κ1) is 13.0. The van der Waals surface area contributed by atoms with E-state index in [1.807, 2.05) is 53.2 Å². The Morgan fingerprint density at radius 3 is 2.55 bits per heavy atom. The number of pyridine rings is 1. The van der Waals surface area contributed by atoms with Crippen LogP contribution in [0.15, 0.2) is 67.4 Å². The van der Waals surface area contributed by atoms with Crippen LogP contribution >= 0.6 is 11.6 Å². The standard InChI is InChI=1S/C17H11ClN4/c18-14-4-2-1-3-13(14)15-11-22-16(9-21-17(22)10-20-15)12-5-7-19-8-6-12/h1-11H. The zero-order chi connectivity index (χ0) is 14.9. The molecule has 0 fully saturated rings. The van der Waals surface area contributed by atoms with Gasteiger partial charge < -0.3 is 0 Å². The maximum absolute atomic E-state index is 6.27. The van der Waals surface area contributed by atoms with Crippen molar-refractivity contribution in [1.29, 1.82) is 0 Å². The highest BCUT2D eigenvalue weighted by molar-refractivity contribution is 6.33. The second-order valence-electron chi connectivity index (χ2n) is 4.86. The number of fused-ring (bicyclic) bond motifs is 1. The highest BCUT2D eigenvalue weighted by atomic mass is 35.5. The van der Waals surface area contributed by atoms with Crippen molar-refractivity contribution in [2.75, 3.05) is 0 Å². The molecule has 0 aliphatic heterocycles. The minimum Gasteiger partial charge on any atom is -0.296 e. The molecular formula is C17H11ClN4. The molecule has 0 amide bonds. The molecule has 0 unspecified atom stereocenters. The van der Waals surface area contributed by atoms with Gasteiger partial charge in [-0.2, -0.15) is 0 Å². The van der Waals surface area contributed by atoms with E-state index >= 15 is 0 Å². The van der Waals surface area contributed by atoms with Crippen molar-refractivity contribution in [2.45, 2.75) is 0 Å². The summed E-state index contributed by atoms with van der Waals surface area (Å²) in [6, 6.07) is 11.6. The molecule has 0 saturated carbocycles. The molecule has 4 aromatic rings. The van der Waals surface area contributed by atoms with E-state index in [-0.39, 0.29) is 0 Å². The molecule has 22 heavy (non-hydrogen) atoms. The SMILES string of the molecule is Clc1ccccc1-c1cn2c(-c3ccncc3)cnc2cn1. The Hall–Kier alpha value is -2.72. The van der Waals surface area contributed by atoms with E-state index in [2.05, 4.69) is 15.0 Å². The number of imidazole rings is 1. The predicted octanol–water partition coefficient (Wildman–Crippen LogP) is 4.11. The third-order valence-corrected chi connectivity index (χ3v) is 3.85. The zero-order valence-corrected chi connectivity index (χ0v) is 12.3. The van der Waals surface area contributed by atoms with Gasteiger partial charge in [0.05, 0.1) is 28.8 Å². The average molecular weight is 307 g/mol. The predicted molar refractivity (Wildman–Crippen MR) is 86.7 cm³/mol. The summed E-state index contributed by atoms with van der Waals surface area (Å²) >= 11 is 6.27. The van der Waals surface area contributed by atoms with E-state index in [1.165, 1.54) is 0 Å². The van der Waals surface area contributed by atoms with Crippen LogP contribution < -0.4 is 0 Å². The zero-order valence-electron chi connectivity index (χ0n) is 11.5. The number of benzene rings is 1. The summed E-state index contributed by atoms with van der Waals surface area (Å²) in [4.78, 5) is 12.9. The van der Waals surface area contributed by atoms with Gasteiger partial charge in [0.1, 0.15) is 0 Å². The molecule has 3 aromatic heterocycles. The van der Waals surface area contributed by atoms with E-state index in [0.717, 1.165) is 28.2 Å².